The van der Waals surface area contributed by atoms with Crippen molar-refractivity contribution in [3.05, 3.63) is 57.3 Å². The number of aliphatic imine (C=N–C) groups is 1. The van der Waals surface area contributed by atoms with Crippen LogP contribution in [0.25, 0.3) is 0 Å². The first-order valence-corrected chi connectivity index (χ1v) is 10.1. The number of hydrogen-bond donors (Lipinski definition) is 2. The molecule has 0 unspecified atom stereocenters. The van der Waals surface area contributed by atoms with Crippen LogP contribution in [0.5, 0.6) is 0 Å². The van der Waals surface area contributed by atoms with E-state index >= 15 is 0 Å². The van der Waals surface area contributed by atoms with Gasteiger partial charge in [-0.25, -0.2) is 0 Å². The number of aryl methyl sites for hydroxylation is 2. The molecule has 0 atom stereocenters. The van der Waals surface area contributed by atoms with E-state index in [-0.39, 0.29) is 5.41 Å². The van der Waals surface area contributed by atoms with Crippen molar-refractivity contribution in [2.75, 3.05) is 26.8 Å². The van der Waals surface area contributed by atoms with Gasteiger partial charge in [0.1, 0.15) is 0 Å². The largest absolute Gasteiger partial charge is 0.381 e. The number of rotatable bonds is 5. The summed E-state index contributed by atoms with van der Waals surface area (Å²) in [4.78, 5) is 7.07. The molecular formula is C21H29N3OS. The maximum Gasteiger partial charge on any atom is 0.191 e. The first kappa shape index (κ1) is 18.9. The lowest BCUT2D eigenvalue weighted by Crippen LogP contribution is -2.48. The van der Waals surface area contributed by atoms with Gasteiger partial charge in [0.05, 0.1) is 6.54 Å². The molecule has 0 spiro atoms. The van der Waals surface area contributed by atoms with Crippen molar-refractivity contribution in [1.82, 2.24) is 10.6 Å². The molecule has 1 aromatic carbocycles. The zero-order valence-corrected chi connectivity index (χ0v) is 16.8. The first-order chi connectivity index (χ1) is 12.6. The Morgan fingerprint density at radius 1 is 1.12 bits per heavy atom. The molecule has 0 radical (unpaired) electrons. The van der Waals surface area contributed by atoms with Crippen LogP contribution in [0.1, 0.15) is 33.7 Å². The van der Waals surface area contributed by atoms with E-state index in [2.05, 4.69) is 65.9 Å². The highest BCUT2D eigenvalue weighted by atomic mass is 32.1. The third-order valence-corrected chi connectivity index (χ3v) is 6.21. The number of thiophene rings is 1. The van der Waals surface area contributed by atoms with E-state index in [0.717, 1.165) is 45.1 Å². The summed E-state index contributed by atoms with van der Waals surface area (Å²) in [7, 11) is 1.83. The molecule has 1 aliphatic heterocycles. The van der Waals surface area contributed by atoms with Crippen molar-refractivity contribution in [2.24, 2.45) is 4.99 Å². The first-order valence-electron chi connectivity index (χ1n) is 9.27. The van der Waals surface area contributed by atoms with Crippen molar-refractivity contribution in [3.8, 4) is 0 Å². The van der Waals surface area contributed by atoms with Gasteiger partial charge >= 0.3 is 0 Å². The predicted octanol–water partition coefficient (Wildman–Crippen LogP) is 3.78. The molecule has 1 fully saturated rings. The van der Waals surface area contributed by atoms with E-state index in [1.807, 2.05) is 18.4 Å². The smallest absolute Gasteiger partial charge is 0.191 e. The number of ether oxygens (including phenoxy) is 1. The van der Waals surface area contributed by atoms with Crippen molar-refractivity contribution in [3.63, 3.8) is 0 Å². The molecular weight excluding hydrogens is 342 g/mol. The number of hydrogen-bond acceptors (Lipinski definition) is 3. The van der Waals surface area contributed by atoms with Gasteiger partial charge < -0.3 is 15.4 Å². The van der Waals surface area contributed by atoms with Gasteiger partial charge in [0.2, 0.25) is 0 Å². The normalized spacial score (nSPS) is 17.1. The van der Waals surface area contributed by atoms with Crippen molar-refractivity contribution >= 4 is 17.3 Å². The molecule has 2 N–H and O–H groups in total. The fourth-order valence-electron chi connectivity index (χ4n) is 3.70. The van der Waals surface area contributed by atoms with Crippen LogP contribution in [0.3, 0.4) is 0 Å². The molecule has 2 heterocycles. The maximum atomic E-state index is 5.65. The van der Waals surface area contributed by atoms with E-state index in [0.29, 0.717) is 0 Å². The molecule has 1 aromatic heterocycles. The van der Waals surface area contributed by atoms with Gasteiger partial charge in [-0.3, -0.25) is 4.99 Å². The van der Waals surface area contributed by atoms with Crippen molar-refractivity contribution < 1.29 is 4.74 Å². The summed E-state index contributed by atoms with van der Waals surface area (Å²) in [5.41, 5.74) is 2.88. The second kappa shape index (κ2) is 8.69. The van der Waals surface area contributed by atoms with Crippen LogP contribution in [-0.4, -0.2) is 32.8 Å². The Bertz CT molecular complexity index is 747. The predicted molar refractivity (Wildman–Crippen MR) is 110 cm³/mol. The molecule has 0 aliphatic carbocycles. The van der Waals surface area contributed by atoms with Gasteiger partial charge in [-0.05, 0) is 49.9 Å². The molecule has 2 aromatic rings. The molecule has 0 amide bonds. The summed E-state index contributed by atoms with van der Waals surface area (Å²) in [5, 5.41) is 7.01. The molecule has 4 nitrogen and oxygen atoms in total. The Balaban J connectivity index is 1.68. The van der Waals surface area contributed by atoms with E-state index in [4.69, 9.17) is 4.74 Å². The zero-order chi connectivity index (χ0) is 18.4. The summed E-state index contributed by atoms with van der Waals surface area (Å²) < 4.78 is 5.65. The summed E-state index contributed by atoms with van der Waals surface area (Å²) in [5.74, 6) is 0.857. The Labute approximate surface area is 160 Å². The zero-order valence-electron chi connectivity index (χ0n) is 16.0. The molecule has 5 heteroatoms. The van der Waals surface area contributed by atoms with E-state index in [1.165, 1.54) is 20.9 Å². The number of nitrogens with zero attached hydrogens (tertiary/aromatic N) is 1. The number of guanidine groups is 1. The third kappa shape index (κ3) is 4.46. The lowest BCUT2D eigenvalue weighted by atomic mass is 9.72. The lowest BCUT2D eigenvalue weighted by Gasteiger charge is -2.39. The summed E-state index contributed by atoms with van der Waals surface area (Å²) in [6.45, 7) is 7.65. The standard InChI is InChI=1S/C21H29N3OS/c1-16-6-4-5-7-19(16)21(10-12-25-13-11-21)15-24-20(22-3)23-14-18-9-8-17(2)26-18/h4-9H,10-15H2,1-3H3,(H2,22,23,24). The van der Waals surface area contributed by atoms with Crippen LogP contribution >= 0.6 is 11.3 Å². The van der Waals surface area contributed by atoms with Crippen LogP contribution < -0.4 is 10.6 Å². The second-order valence-electron chi connectivity index (χ2n) is 7.00. The van der Waals surface area contributed by atoms with Crippen LogP contribution in [0.4, 0.5) is 0 Å². The van der Waals surface area contributed by atoms with Crippen molar-refractivity contribution in [1.29, 1.82) is 0 Å². The van der Waals surface area contributed by atoms with Gasteiger partial charge in [0, 0.05) is 42.0 Å². The molecule has 0 saturated carbocycles. The average Bonchev–Trinajstić information content (AvgIpc) is 3.08. The highest BCUT2D eigenvalue weighted by Gasteiger charge is 2.35. The molecule has 26 heavy (non-hydrogen) atoms. The molecule has 1 saturated heterocycles. The van der Waals surface area contributed by atoms with Gasteiger partial charge in [-0.15, -0.1) is 11.3 Å². The molecule has 140 valence electrons. The SMILES string of the molecule is CN=C(NCc1ccc(C)s1)NCC1(c2ccccc2C)CCOCC1. The van der Waals surface area contributed by atoms with E-state index in [1.54, 1.807) is 0 Å². The maximum absolute atomic E-state index is 5.65. The van der Waals surface area contributed by atoms with Crippen LogP contribution in [0, 0.1) is 13.8 Å². The monoisotopic (exact) mass is 371 g/mol. The van der Waals surface area contributed by atoms with Gasteiger partial charge in [-0.2, -0.15) is 0 Å². The minimum Gasteiger partial charge on any atom is -0.381 e. The van der Waals surface area contributed by atoms with Gasteiger partial charge in [0.25, 0.3) is 0 Å². The second-order valence-corrected chi connectivity index (χ2v) is 8.37. The Morgan fingerprint density at radius 3 is 2.54 bits per heavy atom. The molecule has 3 rings (SSSR count). The molecule has 1 aliphatic rings. The Hall–Kier alpha value is -1.85. The van der Waals surface area contributed by atoms with Gasteiger partial charge in [0.15, 0.2) is 5.96 Å². The van der Waals surface area contributed by atoms with Crippen LogP contribution in [0.2, 0.25) is 0 Å². The highest BCUT2D eigenvalue weighted by Crippen LogP contribution is 2.36. The fourth-order valence-corrected chi connectivity index (χ4v) is 4.53. The average molecular weight is 372 g/mol. The van der Waals surface area contributed by atoms with Crippen LogP contribution in [0.15, 0.2) is 41.4 Å². The minimum absolute atomic E-state index is 0.0979. The topological polar surface area (TPSA) is 45.7 Å². The quantitative estimate of drug-likeness (QED) is 0.621. The summed E-state index contributed by atoms with van der Waals surface area (Å²) in [6.07, 6.45) is 2.07. The fraction of sp³-hybridized carbons (Fsp3) is 0.476. The Morgan fingerprint density at radius 2 is 1.88 bits per heavy atom. The highest BCUT2D eigenvalue weighted by molar-refractivity contribution is 7.11. The third-order valence-electron chi connectivity index (χ3n) is 5.21. The molecule has 0 bridgehead atoms. The lowest BCUT2D eigenvalue weighted by molar-refractivity contribution is 0.0512. The van der Waals surface area contributed by atoms with Crippen molar-refractivity contribution in [2.45, 2.75) is 38.6 Å². The summed E-state index contributed by atoms with van der Waals surface area (Å²) in [6, 6.07) is 13.1. The summed E-state index contributed by atoms with van der Waals surface area (Å²) >= 11 is 1.82. The van der Waals surface area contributed by atoms with Gasteiger partial charge in [-0.1, -0.05) is 24.3 Å². The number of benzene rings is 1. The number of nitrogens with one attached hydrogen (secondary N) is 2. The minimum atomic E-state index is 0.0979. The van der Waals surface area contributed by atoms with E-state index in [9.17, 15) is 0 Å². The van der Waals surface area contributed by atoms with E-state index < -0.39 is 0 Å². The Kier molecular flexibility index (Phi) is 6.33. The van der Waals surface area contributed by atoms with Crippen LogP contribution in [-0.2, 0) is 16.7 Å².